The van der Waals surface area contributed by atoms with Gasteiger partial charge in [0.25, 0.3) is 0 Å². The van der Waals surface area contributed by atoms with Crippen LogP contribution in [0.2, 0.25) is 0 Å². The van der Waals surface area contributed by atoms with Crippen molar-refractivity contribution in [3.8, 4) is 5.75 Å². The molecule has 0 unspecified atom stereocenters. The van der Waals surface area contributed by atoms with Gasteiger partial charge in [0, 0.05) is 25.1 Å². The Hall–Kier alpha value is -3.13. The molecule has 0 heterocycles. The Kier molecular flexibility index (Phi) is 7.24. The molecule has 2 aromatic carbocycles. The van der Waals surface area contributed by atoms with Gasteiger partial charge in [-0.25, -0.2) is 9.82 Å². The number of nitrogens with two attached hydrogens (primary N) is 2. The van der Waals surface area contributed by atoms with Crippen molar-refractivity contribution in [1.29, 1.82) is 0 Å². The second-order valence-electron chi connectivity index (χ2n) is 7.45. The summed E-state index contributed by atoms with van der Waals surface area (Å²) in [6, 6.07) is 9.30. The Morgan fingerprint density at radius 1 is 1.27 bits per heavy atom. The van der Waals surface area contributed by atoms with Crippen LogP contribution < -0.4 is 26.6 Å². The van der Waals surface area contributed by atoms with Crippen LogP contribution in [-0.2, 0) is 11.3 Å². The lowest BCUT2D eigenvalue weighted by Gasteiger charge is -2.29. The molecule has 0 radical (unpaired) electrons. The normalized spacial score (nSPS) is 13.1. The second-order valence-corrected chi connectivity index (χ2v) is 7.45. The molecule has 0 bridgehead atoms. The van der Waals surface area contributed by atoms with Crippen LogP contribution in [0.25, 0.3) is 0 Å². The molecule has 30 heavy (non-hydrogen) atoms. The first-order valence-corrected chi connectivity index (χ1v) is 10.0. The third kappa shape index (κ3) is 5.93. The zero-order valence-corrected chi connectivity index (χ0v) is 16.8. The second kappa shape index (κ2) is 10.1. The zero-order chi connectivity index (χ0) is 21.5. The number of carbonyl (C=O) groups excluding carboxylic acids is 2. The highest BCUT2D eigenvalue weighted by Gasteiger charge is 2.24. The maximum atomic E-state index is 13.2. The number of hydrogen-bond donors (Lipinski definition) is 3. The van der Waals surface area contributed by atoms with E-state index >= 15 is 0 Å². The van der Waals surface area contributed by atoms with Gasteiger partial charge >= 0.3 is 0 Å². The number of unbranched alkanes of at least 4 members (excludes halogenated alkanes) is 1. The van der Waals surface area contributed by atoms with E-state index in [-0.39, 0.29) is 11.4 Å². The van der Waals surface area contributed by atoms with E-state index < -0.39 is 5.91 Å². The number of ether oxygens (including phenoxy) is 1. The number of nitrogen functional groups attached to an aromatic ring is 1. The molecule has 8 heteroatoms. The molecule has 7 nitrogen and oxygen atoms in total. The van der Waals surface area contributed by atoms with Gasteiger partial charge in [0.1, 0.15) is 23.5 Å². The molecule has 1 amide bonds. The molecule has 0 saturated heterocycles. The van der Waals surface area contributed by atoms with Crippen LogP contribution in [0.4, 0.5) is 15.8 Å². The minimum absolute atomic E-state index is 0.272. The predicted octanol–water partition coefficient (Wildman–Crippen LogP) is 2.79. The highest BCUT2D eigenvalue weighted by molar-refractivity contribution is 5.96. The van der Waals surface area contributed by atoms with Crippen LogP contribution in [0, 0.1) is 11.7 Å². The largest absolute Gasteiger partial charge is 0.491 e. The number of carbonyl (C=O) groups is 2. The topological polar surface area (TPSA) is 111 Å². The first-order chi connectivity index (χ1) is 14.5. The van der Waals surface area contributed by atoms with E-state index in [9.17, 15) is 14.0 Å². The fraction of sp³-hybridized carbons (Fsp3) is 0.364. The number of primary amides is 1. The smallest absolute Gasteiger partial charge is 0.248 e. The molecule has 0 spiro atoms. The Labute approximate surface area is 175 Å². The van der Waals surface area contributed by atoms with E-state index in [0.29, 0.717) is 55.6 Å². The van der Waals surface area contributed by atoms with Crippen molar-refractivity contribution < 1.29 is 18.7 Å². The SMILES string of the molecule is NC(=O)c1cc(N)c(N(CCCC=O)NCc2ccc(F)cc2)c(OCC2CC2)c1. The molecule has 2 aromatic rings. The molecule has 0 aliphatic heterocycles. The summed E-state index contributed by atoms with van der Waals surface area (Å²) in [6.07, 6.45) is 4.09. The van der Waals surface area contributed by atoms with E-state index in [1.165, 1.54) is 18.2 Å². The van der Waals surface area contributed by atoms with Crippen molar-refractivity contribution in [2.75, 3.05) is 23.9 Å². The van der Waals surface area contributed by atoms with Crippen LogP contribution in [-0.4, -0.2) is 25.3 Å². The fourth-order valence-electron chi connectivity index (χ4n) is 3.05. The quantitative estimate of drug-likeness (QED) is 0.213. The maximum absolute atomic E-state index is 13.2. The summed E-state index contributed by atoms with van der Waals surface area (Å²) in [5.41, 5.74) is 17.1. The Morgan fingerprint density at radius 2 is 2.00 bits per heavy atom. The van der Waals surface area contributed by atoms with E-state index in [4.69, 9.17) is 16.2 Å². The van der Waals surface area contributed by atoms with Gasteiger partial charge < -0.3 is 26.0 Å². The molecule has 1 aliphatic carbocycles. The van der Waals surface area contributed by atoms with Gasteiger partial charge in [-0.3, -0.25) is 4.79 Å². The number of hydrogen-bond acceptors (Lipinski definition) is 6. The summed E-state index contributed by atoms with van der Waals surface area (Å²) in [5.74, 6) is 0.0836. The number of rotatable bonds is 12. The molecule has 0 atom stereocenters. The molecular formula is C22H27FN4O3. The van der Waals surface area contributed by atoms with Crippen LogP contribution in [0.3, 0.4) is 0 Å². The third-order valence-electron chi connectivity index (χ3n) is 4.92. The summed E-state index contributed by atoms with van der Waals surface area (Å²) in [7, 11) is 0. The van der Waals surface area contributed by atoms with E-state index in [2.05, 4.69) is 5.43 Å². The number of anilines is 2. The lowest BCUT2D eigenvalue weighted by atomic mass is 10.1. The standard InChI is InChI=1S/C22H27FN4O3/c23-18-7-5-15(6-8-18)13-26-27(9-1-2-10-28)21-19(24)11-17(22(25)29)12-20(21)30-14-16-3-4-16/h5-8,10-12,16,26H,1-4,9,13-14,24H2,(H2,25,29). The first-order valence-electron chi connectivity index (χ1n) is 10.0. The first kappa shape index (κ1) is 21.6. The predicted molar refractivity (Wildman–Crippen MR) is 113 cm³/mol. The van der Waals surface area contributed by atoms with Crippen molar-refractivity contribution in [1.82, 2.24) is 5.43 Å². The summed E-state index contributed by atoms with van der Waals surface area (Å²) in [4.78, 5) is 22.5. The lowest BCUT2D eigenvalue weighted by molar-refractivity contribution is -0.107. The van der Waals surface area contributed by atoms with E-state index in [1.807, 2.05) is 5.01 Å². The van der Waals surface area contributed by atoms with Crippen molar-refractivity contribution in [3.63, 3.8) is 0 Å². The van der Waals surface area contributed by atoms with Crippen LogP contribution in [0.5, 0.6) is 5.75 Å². The minimum atomic E-state index is -0.587. The average molecular weight is 414 g/mol. The number of halogens is 1. The van der Waals surface area contributed by atoms with Crippen LogP contribution in [0.1, 0.15) is 41.6 Å². The zero-order valence-electron chi connectivity index (χ0n) is 16.8. The maximum Gasteiger partial charge on any atom is 0.248 e. The van der Waals surface area contributed by atoms with Crippen molar-refractivity contribution >= 4 is 23.6 Å². The number of hydrazine groups is 1. The average Bonchev–Trinajstić information content (AvgIpc) is 3.55. The van der Waals surface area contributed by atoms with Gasteiger partial charge in [-0.15, -0.1) is 0 Å². The van der Waals surface area contributed by atoms with Crippen molar-refractivity contribution in [2.45, 2.75) is 32.2 Å². The van der Waals surface area contributed by atoms with E-state index in [1.54, 1.807) is 18.2 Å². The number of nitrogens with one attached hydrogen (secondary N) is 1. The highest BCUT2D eigenvalue weighted by atomic mass is 19.1. The van der Waals surface area contributed by atoms with Crippen LogP contribution in [0.15, 0.2) is 36.4 Å². The molecule has 1 saturated carbocycles. The molecule has 0 aromatic heterocycles. The molecule has 3 rings (SSSR count). The molecule has 5 N–H and O–H groups in total. The number of nitrogens with zero attached hydrogens (tertiary/aromatic N) is 1. The fourth-order valence-corrected chi connectivity index (χ4v) is 3.05. The van der Waals surface area contributed by atoms with Gasteiger partial charge in [0.05, 0.1) is 12.3 Å². The minimum Gasteiger partial charge on any atom is -0.491 e. The molecule has 1 fully saturated rings. The van der Waals surface area contributed by atoms with Gasteiger partial charge in [-0.1, -0.05) is 12.1 Å². The lowest BCUT2D eigenvalue weighted by Crippen LogP contribution is -2.39. The van der Waals surface area contributed by atoms with E-state index in [0.717, 1.165) is 24.7 Å². The summed E-state index contributed by atoms with van der Waals surface area (Å²) in [5, 5.41) is 1.81. The van der Waals surface area contributed by atoms with Crippen molar-refractivity contribution in [3.05, 3.63) is 53.3 Å². The Bertz CT molecular complexity index is 885. The summed E-state index contributed by atoms with van der Waals surface area (Å²) < 4.78 is 19.2. The molecular weight excluding hydrogens is 387 g/mol. The highest BCUT2D eigenvalue weighted by Crippen LogP contribution is 2.37. The summed E-state index contributed by atoms with van der Waals surface area (Å²) >= 11 is 0. The number of benzene rings is 2. The van der Waals surface area contributed by atoms with Gasteiger partial charge in [0.15, 0.2) is 0 Å². The Morgan fingerprint density at radius 3 is 2.63 bits per heavy atom. The molecule has 160 valence electrons. The van der Waals surface area contributed by atoms with Gasteiger partial charge in [-0.2, -0.15) is 0 Å². The monoisotopic (exact) mass is 414 g/mol. The van der Waals surface area contributed by atoms with Gasteiger partial charge in [-0.05, 0) is 55.0 Å². The summed E-state index contributed by atoms with van der Waals surface area (Å²) in [6.45, 7) is 1.44. The third-order valence-corrected chi connectivity index (χ3v) is 4.92. The van der Waals surface area contributed by atoms with Crippen LogP contribution >= 0.6 is 0 Å². The number of aldehydes is 1. The number of amides is 1. The van der Waals surface area contributed by atoms with Crippen molar-refractivity contribution in [2.24, 2.45) is 11.7 Å². The van der Waals surface area contributed by atoms with Gasteiger partial charge in [0.2, 0.25) is 5.91 Å². The Balaban J connectivity index is 1.87. The molecule has 1 aliphatic rings.